The molecule has 0 radical (unpaired) electrons. The zero-order valence-corrected chi connectivity index (χ0v) is 9.30. The van der Waals surface area contributed by atoms with Gasteiger partial charge in [-0.25, -0.2) is 4.79 Å². The van der Waals surface area contributed by atoms with Crippen LogP contribution in [0, 0.1) is 0 Å². The van der Waals surface area contributed by atoms with Crippen LogP contribution >= 0.6 is 0 Å². The predicted octanol–water partition coefficient (Wildman–Crippen LogP) is -0.116. The lowest BCUT2D eigenvalue weighted by molar-refractivity contribution is 0.161. The average Bonchev–Trinajstić information content (AvgIpc) is 2.15. The van der Waals surface area contributed by atoms with E-state index in [1.54, 1.807) is 7.11 Å². The van der Waals surface area contributed by atoms with Gasteiger partial charge in [-0.05, 0) is 14.0 Å². The molecule has 0 aliphatic carbocycles. The highest BCUT2D eigenvalue weighted by molar-refractivity contribution is 5.73. The first-order chi connectivity index (χ1) is 6.70. The molecule has 0 spiro atoms. The molecular weight excluding hydrogens is 182 g/mol. The van der Waals surface area contributed by atoms with E-state index in [9.17, 15) is 4.79 Å². The van der Waals surface area contributed by atoms with E-state index >= 15 is 0 Å². The van der Waals surface area contributed by atoms with Gasteiger partial charge in [-0.15, -0.1) is 0 Å². The Hall–Kier alpha value is -0.810. The molecule has 0 saturated heterocycles. The Kier molecular flexibility index (Phi) is 8.27. The number of rotatable bonds is 7. The third-order valence-electron chi connectivity index (χ3n) is 1.79. The number of nitrogens with one attached hydrogen (secondary N) is 2. The normalized spacial score (nSPS) is 10.3. The lowest BCUT2D eigenvalue weighted by Crippen LogP contribution is -2.39. The molecule has 0 atom stereocenters. The molecule has 0 aromatic heterocycles. The van der Waals surface area contributed by atoms with Crippen molar-refractivity contribution >= 4 is 6.03 Å². The minimum Gasteiger partial charge on any atom is -0.383 e. The van der Waals surface area contributed by atoms with Crippen LogP contribution in [0.25, 0.3) is 0 Å². The Morgan fingerprint density at radius 2 is 2.07 bits per heavy atom. The highest BCUT2D eigenvalue weighted by Gasteiger charge is 1.99. The van der Waals surface area contributed by atoms with Crippen LogP contribution in [0.1, 0.15) is 6.92 Å². The maximum atomic E-state index is 11.0. The molecule has 5 heteroatoms. The molecule has 0 heterocycles. The minimum atomic E-state index is -0.104. The summed E-state index contributed by atoms with van der Waals surface area (Å²) in [5, 5.41) is 5.43. The summed E-state index contributed by atoms with van der Waals surface area (Å²) in [7, 11) is 3.68. The van der Waals surface area contributed by atoms with Gasteiger partial charge < -0.3 is 20.3 Å². The summed E-state index contributed by atoms with van der Waals surface area (Å²) in [5.41, 5.74) is 0. The molecule has 84 valence electrons. The Morgan fingerprint density at radius 1 is 1.36 bits per heavy atom. The summed E-state index contributed by atoms with van der Waals surface area (Å²) in [5.74, 6) is 0. The van der Waals surface area contributed by atoms with Crippen molar-refractivity contribution in [2.75, 3.05) is 46.9 Å². The lowest BCUT2D eigenvalue weighted by Gasteiger charge is -2.16. The summed E-state index contributed by atoms with van der Waals surface area (Å²) in [4.78, 5) is 13.1. The van der Waals surface area contributed by atoms with E-state index in [0.29, 0.717) is 13.1 Å². The van der Waals surface area contributed by atoms with Gasteiger partial charge in [0.25, 0.3) is 0 Å². The molecule has 2 amide bonds. The van der Waals surface area contributed by atoms with Gasteiger partial charge in [0, 0.05) is 33.3 Å². The number of ether oxygens (including phenoxy) is 1. The van der Waals surface area contributed by atoms with Crippen molar-refractivity contribution in [1.82, 2.24) is 15.5 Å². The Balaban J connectivity index is 3.29. The number of likely N-dealkylation sites (N-methyl/N-ethyl adjacent to an activating group) is 1. The number of hydrogen-bond acceptors (Lipinski definition) is 3. The zero-order chi connectivity index (χ0) is 10.8. The van der Waals surface area contributed by atoms with Crippen LogP contribution in [-0.4, -0.2) is 57.9 Å². The maximum Gasteiger partial charge on any atom is 0.314 e. The summed E-state index contributed by atoms with van der Waals surface area (Å²) >= 11 is 0. The highest BCUT2D eigenvalue weighted by Crippen LogP contribution is 1.80. The fourth-order valence-corrected chi connectivity index (χ4v) is 0.942. The molecule has 5 nitrogen and oxygen atoms in total. The van der Waals surface area contributed by atoms with E-state index in [0.717, 1.165) is 19.7 Å². The van der Waals surface area contributed by atoms with E-state index in [1.807, 2.05) is 14.0 Å². The molecule has 0 aromatic carbocycles. The number of nitrogens with zero attached hydrogens (tertiary/aromatic N) is 1. The monoisotopic (exact) mass is 203 g/mol. The van der Waals surface area contributed by atoms with Crippen molar-refractivity contribution < 1.29 is 9.53 Å². The van der Waals surface area contributed by atoms with Crippen molar-refractivity contribution in [3.05, 3.63) is 0 Å². The molecule has 0 fully saturated rings. The molecule has 0 aliphatic heterocycles. The van der Waals surface area contributed by atoms with Gasteiger partial charge in [-0.2, -0.15) is 0 Å². The van der Waals surface area contributed by atoms with Crippen LogP contribution in [0.2, 0.25) is 0 Å². The largest absolute Gasteiger partial charge is 0.383 e. The second kappa shape index (κ2) is 8.77. The van der Waals surface area contributed by atoms with Crippen LogP contribution in [0.5, 0.6) is 0 Å². The van der Waals surface area contributed by atoms with Gasteiger partial charge in [-0.3, -0.25) is 0 Å². The van der Waals surface area contributed by atoms with E-state index in [-0.39, 0.29) is 6.03 Å². The van der Waals surface area contributed by atoms with Gasteiger partial charge in [0.1, 0.15) is 0 Å². The summed E-state index contributed by atoms with van der Waals surface area (Å²) < 4.78 is 4.94. The lowest BCUT2D eigenvalue weighted by atomic mass is 10.5. The number of urea groups is 1. The summed E-state index contributed by atoms with van der Waals surface area (Å²) in [6.07, 6.45) is 0. The fourth-order valence-electron chi connectivity index (χ4n) is 0.942. The van der Waals surface area contributed by atoms with Gasteiger partial charge in [0.05, 0.1) is 6.61 Å². The maximum absolute atomic E-state index is 11.0. The first-order valence-corrected chi connectivity index (χ1v) is 4.89. The van der Waals surface area contributed by atoms with E-state index in [1.165, 1.54) is 0 Å². The number of hydrogen-bond donors (Lipinski definition) is 2. The fraction of sp³-hybridized carbons (Fsp3) is 0.889. The molecular formula is C9H21N3O2. The van der Waals surface area contributed by atoms with E-state index in [4.69, 9.17) is 4.74 Å². The molecule has 0 aromatic rings. The van der Waals surface area contributed by atoms with Crippen molar-refractivity contribution in [2.24, 2.45) is 0 Å². The Bertz CT molecular complexity index is 153. The standard InChI is InChI=1S/C9H21N3O2/c1-4-10-9(13)11-5-6-12(2)7-8-14-3/h4-8H2,1-3H3,(H2,10,11,13). The van der Waals surface area contributed by atoms with Gasteiger partial charge >= 0.3 is 6.03 Å². The zero-order valence-electron chi connectivity index (χ0n) is 9.30. The Labute approximate surface area is 85.8 Å². The van der Waals surface area contributed by atoms with Crippen LogP contribution in [0.3, 0.4) is 0 Å². The molecule has 14 heavy (non-hydrogen) atoms. The van der Waals surface area contributed by atoms with Crippen LogP contribution in [-0.2, 0) is 4.74 Å². The topological polar surface area (TPSA) is 53.6 Å². The number of carbonyl (C=O) groups excluding carboxylic acids is 1. The van der Waals surface area contributed by atoms with Crippen LogP contribution < -0.4 is 10.6 Å². The average molecular weight is 203 g/mol. The summed E-state index contributed by atoms with van der Waals surface area (Å²) in [6.45, 7) is 5.65. The smallest absolute Gasteiger partial charge is 0.314 e. The first kappa shape index (κ1) is 13.2. The quantitative estimate of drug-likeness (QED) is 0.607. The van der Waals surface area contributed by atoms with E-state index < -0.39 is 0 Å². The molecule has 2 N–H and O–H groups in total. The molecule has 0 saturated carbocycles. The second-order valence-corrected chi connectivity index (χ2v) is 3.08. The Morgan fingerprint density at radius 3 is 2.64 bits per heavy atom. The molecule has 0 bridgehead atoms. The summed E-state index contributed by atoms with van der Waals surface area (Å²) in [6, 6.07) is -0.104. The van der Waals surface area contributed by atoms with Crippen molar-refractivity contribution in [3.63, 3.8) is 0 Å². The SMILES string of the molecule is CCNC(=O)NCCN(C)CCOC. The third kappa shape index (κ3) is 7.82. The molecule has 0 unspecified atom stereocenters. The van der Waals surface area contributed by atoms with E-state index in [2.05, 4.69) is 15.5 Å². The predicted molar refractivity (Wildman–Crippen MR) is 56.4 cm³/mol. The van der Waals surface area contributed by atoms with Crippen molar-refractivity contribution in [2.45, 2.75) is 6.92 Å². The van der Waals surface area contributed by atoms with Crippen LogP contribution in [0.4, 0.5) is 4.79 Å². The number of methoxy groups -OCH3 is 1. The third-order valence-corrected chi connectivity index (χ3v) is 1.79. The van der Waals surface area contributed by atoms with Crippen molar-refractivity contribution in [3.8, 4) is 0 Å². The number of carbonyl (C=O) groups is 1. The second-order valence-electron chi connectivity index (χ2n) is 3.08. The molecule has 0 rings (SSSR count). The number of amides is 2. The van der Waals surface area contributed by atoms with Crippen LogP contribution in [0.15, 0.2) is 0 Å². The van der Waals surface area contributed by atoms with Gasteiger partial charge in [-0.1, -0.05) is 0 Å². The van der Waals surface area contributed by atoms with Crippen molar-refractivity contribution in [1.29, 1.82) is 0 Å². The molecule has 0 aliphatic rings. The minimum absolute atomic E-state index is 0.104. The first-order valence-electron chi connectivity index (χ1n) is 4.89. The van der Waals surface area contributed by atoms with Gasteiger partial charge in [0.2, 0.25) is 0 Å². The van der Waals surface area contributed by atoms with Gasteiger partial charge in [0.15, 0.2) is 0 Å². The highest BCUT2D eigenvalue weighted by atomic mass is 16.5.